The molecule has 0 aliphatic heterocycles. The Morgan fingerprint density at radius 1 is 0.974 bits per heavy atom. The van der Waals surface area contributed by atoms with Gasteiger partial charge >= 0.3 is 0 Å². The van der Waals surface area contributed by atoms with E-state index in [1.54, 1.807) is 36.4 Å². The lowest BCUT2D eigenvalue weighted by Crippen LogP contribution is -2.46. The van der Waals surface area contributed by atoms with E-state index in [1.807, 2.05) is 26.0 Å². The Morgan fingerprint density at radius 2 is 1.66 bits per heavy atom. The number of Topliss-reactive ketones (excluding diaryl/α,β-unsaturated/α-hetero) is 1. The first kappa shape index (κ1) is 26.7. The van der Waals surface area contributed by atoms with Gasteiger partial charge in [-0.3, -0.25) is 19.3 Å². The molecule has 0 saturated carbocycles. The number of hydrogen-bond acceptors (Lipinski definition) is 5. The molecular weight excluding hydrogens is 485 g/mol. The molecule has 0 radical (unpaired) electrons. The maximum absolute atomic E-state index is 14.1. The second-order valence-corrected chi connectivity index (χ2v) is 9.50. The predicted octanol–water partition coefficient (Wildman–Crippen LogP) is 4.71. The predicted molar refractivity (Wildman–Crippen MR) is 143 cm³/mol. The van der Waals surface area contributed by atoms with E-state index in [0.29, 0.717) is 29.1 Å². The number of halogens is 1. The third kappa shape index (κ3) is 5.94. The van der Waals surface area contributed by atoms with Crippen molar-refractivity contribution >= 4 is 34.3 Å². The van der Waals surface area contributed by atoms with E-state index in [2.05, 4.69) is 15.6 Å². The number of nitrogens with zero attached hydrogens (tertiary/aromatic N) is 4. The van der Waals surface area contributed by atoms with Crippen LogP contribution in [0.25, 0.3) is 11.0 Å². The number of carbonyl (C=O) groups is 3. The summed E-state index contributed by atoms with van der Waals surface area (Å²) in [5.41, 5.74) is 2.25. The van der Waals surface area contributed by atoms with Crippen molar-refractivity contribution in [3.63, 3.8) is 0 Å². The van der Waals surface area contributed by atoms with Gasteiger partial charge in [0.25, 0.3) is 0 Å². The van der Waals surface area contributed by atoms with Gasteiger partial charge in [-0.2, -0.15) is 0 Å². The summed E-state index contributed by atoms with van der Waals surface area (Å²) < 4.78 is 15.3. The van der Waals surface area contributed by atoms with E-state index < -0.39 is 23.7 Å². The molecule has 0 aliphatic carbocycles. The first-order valence-corrected chi connectivity index (χ1v) is 12.5. The van der Waals surface area contributed by atoms with Crippen LogP contribution >= 0.6 is 0 Å². The van der Waals surface area contributed by atoms with Crippen molar-refractivity contribution in [1.82, 2.24) is 20.3 Å². The number of fused-ring (bicyclic) bond motifs is 1. The summed E-state index contributed by atoms with van der Waals surface area (Å²) >= 11 is 0. The summed E-state index contributed by atoms with van der Waals surface area (Å²) in [6.07, 6.45) is 0.741. The monoisotopic (exact) mass is 515 g/mol. The SMILES string of the molecule is CC(=O)c1ccccc1N(C(=O)Cn1nnc2ccccc21)[C@@H](C(=O)NCCC(C)C)c1ccc(F)cc1. The van der Waals surface area contributed by atoms with Crippen molar-refractivity contribution in [1.29, 1.82) is 0 Å². The van der Waals surface area contributed by atoms with Crippen molar-refractivity contribution in [3.8, 4) is 0 Å². The first-order valence-electron chi connectivity index (χ1n) is 12.5. The lowest BCUT2D eigenvalue weighted by Gasteiger charge is -2.32. The van der Waals surface area contributed by atoms with Crippen molar-refractivity contribution in [2.75, 3.05) is 11.4 Å². The van der Waals surface area contributed by atoms with Gasteiger partial charge < -0.3 is 5.32 Å². The second-order valence-electron chi connectivity index (χ2n) is 9.50. The minimum Gasteiger partial charge on any atom is -0.354 e. The highest BCUT2D eigenvalue weighted by molar-refractivity contribution is 6.08. The Hall–Kier alpha value is -4.40. The number of hydrogen-bond donors (Lipinski definition) is 1. The molecule has 8 nitrogen and oxygen atoms in total. The van der Waals surface area contributed by atoms with Gasteiger partial charge in [-0.25, -0.2) is 9.07 Å². The van der Waals surface area contributed by atoms with E-state index in [4.69, 9.17) is 0 Å². The summed E-state index contributed by atoms with van der Waals surface area (Å²) in [5.74, 6) is -1.29. The molecule has 0 aliphatic rings. The second kappa shape index (κ2) is 11.8. The molecule has 0 bridgehead atoms. The Labute approximate surface area is 220 Å². The van der Waals surface area contributed by atoms with Crippen LogP contribution < -0.4 is 10.2 Å². The maximum Gasteiger partial charge on any atom is 0.249 e. The van der Waals surface area contributed by atoms with Crippen LogP contribution in [-0.4, -0.2) is 39.1 Å². The lowest BCUT2D eigenvalue weighted by molar-refractivity contribution is -0.127. The van der Waals surface area contributed by atoms with Gasteiger partial charge in [-0.1, -0.05) is 55.5 Å². The zero-order valence-electron chi connectivity index (χ0n) is 21.6. The molecule has 2 amide bonds. The Bertz CT molecular complexity index is 1450. The summed E-state index contributed by atoms with van der Waals surface area (Å²) in [6.45, 7) is 5.67. The van der Waals surface area contributed by atoms with Gasteiger partial charge in [-0.05, 0) is 61.2 Å². The molecule has 0 spiro atoms. The number of carbonyl (C=O) groups excluding carboxylic acids is 3. The normalized spacial score (nSPS) is 11.9. The van der Waals surface area contributed by atoms with E-state index in [0.717, 1.165) is 6.42 Å². The molecule has 9 heteroatoms. The number of para-hydroxylation sites is 2. The number of ketones is 1. The Balaban J connectivity index is 1.83. The lowest BCUT2D eigenvalue weighted by atomic mass is 10.00. The van der Waals surface area contributed by atoms with Gasteiger partial charge in [0.1, 0.15) is 23.9 Å². The smallest absolute Gasteiger partial charge is 0.249 e. The third-order valence-electron chi connectivity index (χ3n) is 6.23. The summed E-state index contributed by atoms with van der Waals surface area (Å²) in [5, 5.41) is 11.2. The number of anilines is 1. The van der Waals surface area contributed by atoms with E-state index in [1.165, 1.54) is 40.8 Å². The van der Waals surface area contributed by atoms with Crippen LogP contribution in [0.3, 0.4) is 0 Å². The average Bonchev–Trinajstić information content (AvgIpc) is 3.30. The minimum atomic E-state index is -1.16. The molecule has 0 unspecified atom stereocenters. The highest BCUT2D eigenvalue weighted by atomic mass is 19.1. The zero-order valence-corrected chi connectivity index (χ0v) is 21.6. The van der Waals surface area contributed by atoms with Crippen LogP contribution in [0.1, 0.15) is 49.2 Å². The molecule has 196 valence electrons. The molecule has 1 N–H and O–H groups in total. The number of benzene rings is 3. The molecule has 3 aromatic carbocycles. The van der Waals surface area contributed by atoms with Crippen molar-refractivity contribution in [2.24, 2.45) is 5.92 Å². The van der Waals surface area contributed by atoms with Crippen LogP contribution in [0.5, 0.6) is 0 Å². The van der Waals surface area contributed by atoms with Gasteiger partial charge in [0, 0.05) is 12.1 Å². The molecule has 4 rings (SSSR count). The minimum absolute atomic E-state index is 0.232. The molecule has 0 saturated heterocycles. The molecule has 38 heavy (non-hydrogen) atoms. The maximum atomic E-state index is 14.1. The number of aromatic nitrogens is 3. The highest BCUT2D eigenvalue weighted by Gasteiger charge is 2.35. The average molecular weight is 516 g/mol. The van der Waals surface area contributed by atoms with Gasteiger partial charge in [0.05, 0.1) is 11.2 Å². The fourth-order valence-corrected chi connectivity index (χ4v) is 4.28. The third-order valence-corrected chi connectivity index (χ3v) is 6.23. The largest absolute Gasteiger partial charge is 0.354 e. The van der Waals surface area contributed by atoms with Crippen LogP contribution in [0, 0.1) is 11.7 Å². The van der Waals surface area contributed by atoms with Crippen LogP contribution in [-0.2, 0) is 16.1 Å². The van der Waals surface area contributed by atoms with Crippen molar-refractivity contribution in [3.05, 3.63) is 89.7 Å². The fourth-order valence-electron chi connectivity index (χ4n) is 4.28. The van der Waals surface area contributed by atoms with E-state index in [9.17, 15) is 18.8 Å². The topological polar surface area (TPSA) is 97.2 Å². The van der Waals surface area contributed by atoms with Crippen LogP contribution in [0.15, 0.2) is 72.8 Å². The quantitative estimate of drug-likeness (QED) is 0.309. The Morgan fingerprint density at radius 3 is 2.37 bits per heavy atom. The fraction of sp³-hybridized carbons (Fsp3) is 0.276. The van der Waals surface area contributed by atoms with Crippen molar-refractivity contribution < 1.29 is 18.8 Å². The zero-order chi connectivity index (χ0) is 27.2. The highest BCUT2D eigenvalue weighted by Crippen LogP contribution is 2.32. The molecule has 1 heterocycles. The molecule has 4 aromatic rings. The number of amides is 2. The van der Waals surface area contributed by atoms with Crippen molar-refractivity contribution in [2.45, 2.75) is 39.8 Å². The molecule has 0 fully saturated rings. The van der Waals surface area contributed by atoms with Crippen LogP contribution in [0.2, 0.25) is 0 Å². The molecule has 1 atom stereocenters. The van der Waals surface area contributed by atoms with Gasteiger partial charge in [0.15, 0.2) is 5.78 Å². The van der Waals surface area contributed by atoms with Gasteiger partial charge in [0.2, 0.25) is 11.8 Å². The number of nitrogens with one attached hydrogen (secondary N) is 1. The van der Waals surface area contributed by atoms with Gasteiger partial charge in [-0.15, -0.1) is 5.10 Å². The van der Waals surface area contributed by atoms with E-state index >= 15 is 0 Å². The number of rotatable bonds is 10. The Kier molecular flexibility index (Phi) is 8.25. The summed E-state index contributed by atoms with van der Waals surface area (Å²) in [7, 11) is 0. The molecular formula is C29H30FN5O3. The standard InChI is InChI=1S/C29H30FN5O3/c1-19(2)16-17-31-29(38)28(21-12-14-22(30)15-13-21)35(25-10-6-4-8-23(25)20(3)36)27(37)18-34-26-11-7-5-9-24(26)32-33-34/h4-15,19,28H,16-18H2,1-3H3,(H,31,38)/t28-/m1/s1. The van der Waals surface area contributed by atoms with E-state index in [-0.39, 0.29) is 23.6 Å². The summed E-state index contributed by atoms with van der Waals surface area (Å²) in [4.78, 5) is 41.7. The first-order chi connectivity index (χ1) is 18.3. The summed E-state index contributed by atoms with van der Waals surface area (Å²) in [6, 6.07) is 18.1. The van der Waals surface area contributed by atoms with Crippen LogP contribution in [0.4, 0.5) is 10.1 Å². The molecule has 1 aromatic heterocycles.